The van der Waals surface area contributed by atoms with Gasteiger partial charge in [-0.2, -0.15) is 0 Å². The van der Waals surface area contributed by atoms with E-state index < -0.39 is 5.66 Å². The topological polar surface area (TPSA) is 58.7 Å². The summed E-state index contributed by atoms with van der Waals surface area (Å²) in [6.45, 7) is 0.398. The summed E-state index contributed by atoms with van der Waals surface area (Å²) in [5, 5.41) is 15.1. The fourth-order valence-electron chi connectivity index (χ4n) is 1.56. The Morgan fingerprint density at radius 2 is 1.80 bits per heavy atom. The van der Waals surface area contributed by atoms with Crippen molar-refractivity contribution in [2.45, 2.75) is 12.1 Å². The fourth-order valence-corrected chi connectivity index (χ4v) is 1.56. The van der Waals surface area contributed by atoms with E-state index in [4.69, 9.17) is 4.74 Å². The maximum atomic E-state index is 5.09. The third kappa shape index (κ3) is 2.24. The lowest BCUT2D eigenvalue weighted by atomic mass is 10.0. The first-order chi connectivity index (χ1) is 7.35. The predicted octanol–water partition coefficient (Wildman–Crippen LogP) is 2.40. The van der Waals surface area contributed by atoms with Gasteiger partial charge in [0, 0.05) is 13.5 Å². The molecule has 1 heterocycles. The van der Waals surface area contributed by atoms with Crippen LogP contribution in [0.5, 0.6) is 0 Å². The summed E-state index contributed by atoms with van der Waals surface area (Å²) in [5.74, 6) is 0. The molecule has 0 saturated carbocycles. The smallest absolute Gasteiger partial charge is 0.222 e. The minimum atomic E-state index is -0.657. The van der Waals surface area contributed by atoms with Gasteiger partial charge in [-0.25, -0.2) is 0 Å². The molecule has 5 heteroatoms. The van der Waals surface area contributed by atoms with Gasteiger partial charge in [-0.15, -0.1) is 10.2 Å². The van der Waals surface area contributed by atoms with Gasteiger partial charge in [0.25, 0.3) is 0 Å². The van der Waals surface area contributed by atoms with E-state index >= 15 is 0 Å². The molecule has 0 aliphatic carbocycles. The van der Waals surface area contributed by atoms with E-state index in [1.54, 1.807) is 7.11 Å². The van der Waals surface area contributed by atoms with Gasteiger partial charge in [0.15, 0.2) is 0 Å². The van der Waals surface area contributed by atoms with Crippen molar-refractivity contribution in [3.05, 3.63) is 35.9 Å². The van der Waals surface area contributed by atoms with Gasteiger partial charge in [-0.3, -0.25) is 0 Å². The second kappa shape index (κ2) is 4.27. The lowest BCUT2D eigenvalue weighted by Crippen LogP contribution is -2.30. The lowest BCUT2D eigenvalue weighted by Gasteiger charge is -2.18. The summed E-state index contributed by atoms with van der Waals surface area (Å²) >= 11 is 0. The molecule has 1 aromatic carbocycles. The largest absolute Gasteiger partial charge is 0.380 e. The van der Waals surface area contributed by atoms with Crippen molar-refractivity contribution in [3.63, 3.8) is 0 Å². The molecule has 5 nitrogen and oxygen atoms in total. The quantitative estimate of drug-likeness (QED) is 0.742. The molecular formula is C10H12N4O. The third-order valence-corrected chi connectivity index (χ3v) is 2.21. The standard InChI is InChI=1S/C10H12N4O/c1-15-8-10(11-13-14-12-10)7-9-5-3-2-4-6-9/h2-6H,7-8H2,1H3. The van der Waals surface area contributed by atoms with Gasteiger partial charge in [-0.1, -0.05) is 30.3 Å². The number of rotatable bonds is 4. The molecule has 0 bridgehead atoms. The Hall–Kier alpha value is -1.62. The highest BCUT2D eigenvalue weighted by Gasteiger charge is 2.33. The van der Waals surface area contributed by atoms with Crippen LogP contribution in [0.2, 0.25) is 0 Å². The Balaban J connectivity index is 2.15. The van der Waals surface area contributed by atoms with Crippen molar-refractivity contribution in [2.24, 2.45) is 20.7 Å². The number of nitrogens with zero attached hydrogens (tertiary/aromatic N) is 4. The first-order valence-electron chi connectivity index (χ1n) is 4.72. The highest BCUT2D eigenvalue weighted by Crippen LogP contribution is 2.25. The molecule has 0 unspecified atom stereocenters. The molecule has 0 amide bonds. The first kappa shape index (κ1) is 9.92. The first-order valence-corrected chi connectivity index (χ1v) is 4.72. The van der Waals surface area contributed by atoms with E-state index in [1.165, 1.54) is 0 Å². The summed E-state index contributed by atoms with van der Waals surface area (Å²) in [6.07, 6.45) is 0.661. The lowest BCUT2D eigenvalue weighted by molar-refractivity contribution is 0.136. The van der Waals surface area contributed by atoms with Crippen LogP contribution in [-0.4, -0.2) is 19.4 Å². The number of ether oxygens (including phenoxy) is 1. The third-order valence-electron chi connectivity index (χ3n) is 2.21. The summed E-state index contributed by atoms with van der Waals surface area (Å²) in [7, 11) is 1.62. The van der Waals surface area contributed by atoms with E-state index in [0.717, 1.165) is 5.56 Å². The summed E-state index contributed by atoms with van der Waals surface area (Å²) in [4.78, 5) is 0. The predicted molar refractivity (Wildman–Crippen MR) is 54.5 cm³/mol. The molecule has 1 aromatic rings. The number of benzene rings is 1. The van der Waals surface area contributed by atoms with E-state index in [2.05, 4.69) is 20.7 Å². The van der Waals surface area contributed by atoms with Crippen LogP contribution in [-0.2, 0) is 11.2 Å². The fraction of sp³-hybridized carbons (Fsp3) is 0.400. The molecular weight excluding hydrogens is 192 g/mol. The monoisotopic (exact) mass is 204 g/mol. The van der Waals surface area contributed by atoms with Gasteiger partial charge >= 0.3 is 0 Å². The zero-order valence-corrected chi connectivity index (χ0v) is 8.50. The minimum Gasteiger partial charge on any atom is -0.380 e. The molecule has 1 aliphatic rings. The Labute approximate surface area is 87.9 Å². The summed E-state index contributed by atoms with van der Waals surface area (Å²) in [5.41, 5.74) is 0.491. The van der Waals surface area contributed by atoms with Crippen LogP contribution in [0.4, 0.5) is 0 Å². The molecule has 15 heavy (non-hydrogen) atoms. The SMILES string of the molecule is COCC1(Cc2ccccc2)N=NN=N1. The average molecular weight is 204 g/mol. The van der Waals surface area contributed by atoms with Crippen molar-refractivity contribution in [2.75, 3.05) is 13.7 Å². The van der Waals surface area contributed by atoms with Gasteiger partial charge in [-0.05, 0) is 16.0 Å². The average Bonchev–Trinajstić information content (AvgIpc) is 2.69. The molecule has 0 aromatic heterocycles. The van der Waals surface area contributed by atoms with Crippen LogP contribution in [0, 0.1) is 0 Å². The second-order valence-electron chi connectivity index (χ2n) is 3.46. The molecule has 0 radical (unpaired) electrons. The second-order valence-corrected chi connectivity index (χ2v) is 3.46. The molecule has 0 atom stereocenters. The molecule has 2 rings (SSSR count). The van der Waals surface area contributed by atoms with E-state index in [0.29, 0.717) is 13.0 Å². The van der Waals surface area contributed by atoms with Crippen LogP contribution in [0.25, 0.3) is 0 Å². The van der Waals surface area contributed by atoms with Gasteiger partial charge in [0.1, 0.15) is 0 Å². The normalized spacial score (nSPS) is 17.1. The van der Waals surface area contributed by atoms with Gasteiger partial charge in [0.2, 0.25) is 5.66 Å². The number of hydrogen-bond donors (Lipinski definition) is 0. The van der Waals surface area contributed by atoms with Crippen LogP contribution in [0.1, 0.15) is 5.56 Å². The highest BCUT2D eigenvalue weighted by molar-refractivity contribution is 5.17. The molecule has 78 valence electrons. The van der Waals surface area contributed by atoms with E-state index in [9.17, 15) is 0 Å². The summed E-state index contributed by atoms with van der Waals surface area (Å²) in [6, 6.07) is 10.0. The van der Waals surface area contributed by atoms with Crippen molar-refractivity contribution in [1.82, 2.24) is 0 Å². The van der Waals surface area contributed by atoms with Crippen molar-refractivity contribution < 1.29 is 4.74 Å². The molecule has 0 N–H and O–H groups in total. The molecule has 0 fully saturated rings. The Morgan fingerprint density at radius 1 is 1.13 bits per heavy atom. The maximum absolute atomic E-state index is 5.09. The Kier molecular flexibility index (Phi) is 2.82. The van der Waals surface area contributed by atoms with Crippen LogP contribution in [0.15, 0.2) is 51.0 Å². The zero-order valence-electron chi connectivity index (χ0n) is 8.50. The number of methoxy groups -OCH3 is 1. The molecule has 0 saturated heterocycles. The highest BCUT2D eigenvalue weighted by atomic mass is 16.5. The minimum absolute atomic E-state index is 0.398. The summed E-state index contributed by atoms with van der Waals surface area (Å²) < 4.78 is 5.09. The van der Waals surface area contributed by atoms with Crippen molar-refractivity contribution in [1.29, 1.82) is 0 Å². The van der Waals surface area contributed by atoms with Crippen LogP contribution in [0.3, 0.4) is 0 Å². The number of hydrogen-bond acceptors (Lipinski definition) is 5. The van der Waals surface area contributed by atoms with Crippen LogP contribution >= 0.6 is 0 Å². The van der Waals surface area contributed by atoms with E-state index in [-0.39, 0.29) is 0 Å². The Bertz CT molecular complexity index is 362. The van der Waals surface area contributed by atoms with Gasteiger partial charge < -0.3 is 4.74 Å². The molecule has 1 aliphatic heterocycles. The Morgan fingerprint density at radius 3 is 2.40 bits per heavy atom. The van der Waals surface area contributed by atoms with Crippen LogP contribution < -0.4 is 0 Å². The maximum Gasteiger partial charge on any atom is 0.222 e. The van der Waals surface area contributed by atoms with E-state index in [1.807, 2.05) is 30.3 Å². The van der Waals surface area contributed by atoms with Gasteiger partial charge in [0.05, 0.1) is 6.61 Å². The van der Waals surface area contributed by atoms with Crippen molar-refractivity contribution in [3.8, 4) is 0 Å². The zero-order chi connectivity index (χ0) is 10.6. The van der Waals surface area contributed by atoms with Crippen molar-refractivity contribution >= 4 is 0 Å². The molecule has 0 spiro atoms.